The fraction of sp³-hybridized carbons (Fsp3) is 0.375. The van der Waals surface area contributed by atoms with Crippen molar-refractivity contribution in [3.63, 3.8) is 0 Å². The lowest BCUT2D eigenvalue weighted by atomic mass is 10.2. The molecule has 1 aromatic carbocycles. The number of aromatic amines is 1. The van der Waals surface area contributed by atoms with Gasteiger partial charge in [-0.05, 0) is 26.0 Å². The van der Waals surface area contributed by atoms with Crippen molar-refractivity contribution in [3.05, 3.63) is 56.0 Å². The Hall–Kier alpha value is -2.78. The number of ether oxygens (including phenoxy) is 2. The number of nitrogens with zero attached hydrogens (tertiary/aromatic N) is 3. The van der Waals surface area contributed by atoms with Crippen LogP contribution in [-0.4, -0.2) is 47.5 Å². The van der Waals surface area contributed by atoms with Crippen molar-refractivity contribution in [1.29, 1.82) is 0 Å². The van der Waals surface area contributed by atoms with Crippen molar-refractivity contribution in [2.75, 3.05) is 20.8 Å². The second kappa shape index (κ2) is 7.86. The Bertz CT molecular complexity index is 831. The number of nitro benzene ring substituents is 1. The van der Waals surface area contributed by atoms with E-state index in [0.717, 1.165) is 0 Å². The zero-order valence-corrected chi connectivity index (χ0v) is 14.5. The van der Waals surface area contributed by atoms with Crippen LogP contribution >= 0.6 is 0 Å². The van der Waals surface area contributed by atoms with Crippen molar-refractivity contribution in [2.45, 2.75) is 20.1 Å². The summed E-state index contributed by atoms with van der Waals surface area (Å²) in [5.41, 5.74) is 1.84. The average molecular weight is 348 g/mol. The second-order valence-electron chi connectivity index (χ2n) is 5.35. The fourth-order valence-electron chi connectivity index (χ4n) is 2.41. The van der Waals surface area contributed by atoms with Gasteiger partial charge in [0.25, 0.3) is 11.2 Å². The first-order valence-electron chi connectivity index (χ1n) is 7.52. The molecular weight excluding hydrogens is 328 g/mol. The average Bonchev–Trinajstić information content (AvgIpc) is 2.90. The van der Waals surface area contributed by atoms with Gasteiger partial charge < -0.3 is 9.47 Å². The van der Waals surface area contributed by atoms with E-state index in [0.29, 0.717) is 22.7 Å². The lowest BCUT2D eigenvalue weighted by Gasteiger charge is -2.10. The first kappa shape index (κ1) is 18.6. The predicted octanol–water partition coefficient (Wildman–Crippen LogP) is 1.81. The van der Waals surface area contributed by atoms with E-state index in [1.807, 2.05) is 0 Å². The highest BCUT2D eigenvalue weighted by Gasteiger charge is 2.16. The second-order valence-corrected chi connectivity index (χ2v) is 5.35. The van der Waals surface area contributed by atoms with E-state index >= 15 is 0 Å². The van der Waals surface area contributed by atoms with E-state index in [1.165, 1.54) is 43.2 Å². The summed E-state index contributed by atoms with van der Waals surface area (Å²) in [6.45, 7) is 3.77. The number of rotatable bonds is 7. The van der Waals surface area contributed by atoms with Crippen molar-refractivity contribution >= 4 is 11.4 Å². The molecule has 0 aliphatic rings. The van der Waals surface area contributed by atoms with Gasteiger partial charge in [-0.2, -0.15) is 0 Å². The third-order valence-electron chi connectivity index (χ3n) is 3.76. The highest BCUT2D eigenvalue weighted by Crippen LogP contribution is 2.14. The number of benzene rings is 1. The highest BCUT2D eigenvalue weighted by molar-refractivity contribution is 5.99. The molecule has 0 saturated carbocycles. The van der Waals surface area contributed by atoms with Crippen LogP contribution in [-0.2, 0) is 9.47 Å². The maximum absolute atomic E-state index is 12.7. The van der Waals surface area contributed by atoms with Gasteiger partial charge in [-0.1, -0.05) is 0 Å². The number of H-pyrrole nitrogens is 1. The molecule has 25 heavy (non-hydrogen) atoms. The molecule has 0 fully saturated rings. The summed E-state index contributed by atoms with van der Waals surface area (Å²) in [5, 5.41) is 13.7. The maximum Gasteiger partial charge on any atom is 0.280 e. The normalized spacial score (nSPS) is 12.0. The minimum absolute atomic E-state index is 0.0387. The van der Waals surface area contributed by atoms with Crippen molar-refractivity contribution in [1.82, 2.24) is 9.78 Å². The molecular formula is C16H20N4O5. The summed E-state index contributed by atoms with van der Waals surface area (Å²) in [4.78, 5) is 27.3. The van der Waals surface area contributed by atoms with E-state index in [-0.39, 0.29) is 17.8 Å². The van der Waals surface area contributed by atoms with Gasteiger partial charge in [-0.25, -0.2) is 4.68 Å². The summed E-state index contributed by atoms with van der Waals surface area (Å²) in [7, 11) is 3.03. The zero-order valence-electron chi connectivity index (χ0n) is 14.5. The number of methoxy groups -OCH3 is 2. The molecule has 9 nitrogen and oxygen atoms in total. The van der Waals surface area contributed by atoms with Crippen LogP contribution in [0.25, 0.3) is 5.69 Å². The quantitative estimate of drug-likeness (QED) is 0.355. The molecule has 1 aromatic heterocycles. The largest absolute Gasteiger partial charge is 0.354 e. The van der Waals surface area contributed by atoms with Crippen LogP contribution in [0.4, 0.5) is 5.69 Å². The summed E-state index contributed by atoms with van der Waals surface area (Å²) in [6.07, 6.45) is -0.480. The summed E-state index contributed by atoms with van der Waals surface area (Å²) in [5.74, 6) is 0. The lowest BCUT2D eigenvalue weighted by Crippen LogP contribution is -2.21. The van der Waals surface area contributed by atoms with Crippen LogP contribution in [0, 0.1) is 17.0 Å². The molecule has 0 amide bonds. The van der Waals surface area contributed by atoms with Crippen molar-refractivity contribution in [2.24, 2.45) is 4.99 Å². The number of non-ortho nitro benzene ring substituents is 1. The number of aryl methyl sites for hydroxylation is 1. The van der Waals surface area contributed by atoms with Gasteiger partial charge in [0.15, 0.2) is 6.29 Å². The van der Waals surface area contributed by atoms with E-state index in [9.17, 15) is 14.9 Å². The van der Waals surface area contributed by atoms with Crippen LogP contribution in [0.5, 0.6) is 0 Å². The lowest BCUT2D eigenvalue weighted by molar-refractivity contribution is -0.384. The molecule has 0 aliphatic carbocycles. The van der Waals surface area contributed by atoms with Crippen LogP contribution in [0.2, 0.25) is 0 Å². The molecule has 0 bridgehead atoms. The Morgan fingerprint density at radius 3 is 2.44 bits per heavy atom. The summed E-state index contributed by atoms with van der Waals surface area (Å²) in [6, 6.07) is 5.72. The van der Waals surface area contributed by atoms with E-state index in [1.54, 1.807) is 13.8 Å². The number of hydrogen-bond acceptors (Lipinski definition) is 6. The molecule has 2 aromatic rings. The Labute approximate surface area is 144 Å². The van der Waals surface area contributed by atoms with Crippen molar-refractivity contribution in [3.8, 4) is 5.69 Å². The Morgan fingerprint density at radius 1 is 1.32 bits per heavy atom. The molecule has 0 radical (unpaired) electrons. The van der Waals surface area contributed by atoms with Crippen molar-refractivity contribution < 1.29 is 14.4 Å². The Balaban J connectivity index is 2.36. The van der Waals surface area contributed by atoms with Gasteiger partial charge in [-0.3, -0.25) is 25.0 Å². The Morgan fingerprint density at radius 2 is 1.92 bits per heavy atom. The number of aliphatic imine (C=N–C) groups is 1. The van der Waals surface area contributed by atoms with Crippen LogP contribution in [0.15, 0.2) is 34.1 Å². The van der Waals surface area contributed by atoms with Gasteiger partial charge in [0.1, 0.15) is 0 Å². The van der Waals surface area contributed by atoms with Crippen LogP contribution in [0.1, 0.15) is 18.2 Å². The molecule has 2 rings (SSSR count). The SMILES string of the molecule is COC(CN=C(C)c1c(C)[nH]n(-c2ccc([N+](=O)[O-])cc2)c1=O)OC. The molecule has 134 valence electrons. The van der Waals surface area contributed by atoms with Gasteiger partial charge >= 0.3 is 0 Å². The third kappa shape index (κ3) is 4.01. The summed E-state index contributed by atoms with van der Waals surface area (Å²) >= 11 is 0. The minimum atomic E-state index is -0.489. The number of aromatic nitrogens is 2. The smallest absolute Gasteiger partial charge is 0.280 e. The fourth-order valence-corrected chi connectivity index (χ4v) is 2.41. The number of nitrogens with one attached hydrogen (secondary N) is 1. The minimum Gasteiger partial charge on any atom is -0.354 e. The van der Waals surface area contributed by atoms with Crippen LogP contribution in [0.3, 0.4) is 0 Å². The standard InChI is InChI=1S/C16H20N4O5/c1-10(17-9-14(24-3)25-4)15-11(2)18-19(16(15)21)12-5-7-13(8-6-12)20(22)23/h5-8,14,18H,9H2,1-4H3. The molecule has 0 unspecified atom stereocenters. The molecule has 0 aliphatic heterocycles. The van der Waals surface area contributed by atoms with Gasteiger partial charge in [0.05, 0.1) is 22.7 Å². The molecule has 1 N–H and O–H groups in total. The Kier molecular flexibility index (Phi) is 5.84. The predicted molar refractivity (Wildman–Crippen MR) is 92.7 cm³/mol. The monoisotopic (exact) mass is 348 g/mol. The first-order chi connectivity index (χ1) is 11.9. The van der Waals surface area contributed by atoms with E-state index in [4.69, 9.17) is 9.47 Å². The number of nitro groups is 1. The third-order valence-corrected chi connectivity index (χ3v) is 3.76. The molecule has 0 spiro atoms. The topological polar surface area (TPSA) is 112 Å². The number of hydrogen-bond donors (Lipinski definition) is 1. The van der Waals surface area contributed by atoms with Gasteiger partial charge in [0.2, 0.25) is 0 Å². The molecule has 0 atom stereocenters. The molecule has 1 heterocycles. The molecule has 9 heteroatoms. The summed E-state index contributed by atoms with van der Waals surface area (Å²) < 4.78 is 11.5. The van der Waals surface area contributed by atoms with Crippen LogP contribution < -0.4 is 5.56 Å². The van der Waals surface area contributed by atoms with Gasteiger partial charge in [0, 0.05) is 37.8 Å². The zero-order chi connectivity index (χ0) is 18.6. The maximum atomic E-state index is 12.7. The first-order valence-corrected chi connectivity index (χ1v) is 7.52. The molecule has 0 saturated heterocycles. The van der Waals surface area contributed by atoms with Gasteiger partial charge in [-0.15, -0.1) is 0 Å². The van der Waals surface area contributed by atoms with E-state index < -0.39 is 11.2 Å². The highest BCUT2D eigenvalue weighted by atomic mass is 16.7. The van der Waals surface area contributed by atoms with E-state index in [2.05, 4.69) is 10.1 Å².